The summed E-state index contributed by atoms with van der Waals surface area (Å²) >= 11 is 1.45. The fourth-order valence-corrected chi connectivity index (χ4v) is 5.86. The molecular weight excluding hydrogens is 549 g/mol. The molecule has 1 saturated heterocycles. The van der Waals surface area contributed by atoms with Gasteiger partial charge in [-0.2, -0.15) is 13.2 Å². The van der Waals surface area contributed by atoms with Crippen molar-refractivity contribution in [3.05, 3.63) is 101 Å². The Morgan fingerprint density at radius 2 is 1.71 bits per heavy atom. The van der Waals surface area contributed by atoms with E-state index in [2.05, 4.69) is 4.90 Å². The number of piperazine rings is 1. The largest absolute Gasteiger partial charge is 0.497 e. The molecule has 1 aliphatic heterocycles. The second-order valence-electron chi connectivity index (χ2n) is 9.91. The number of rotatable bonds is 6. The number of pyridine rings is 1. The first kappa shape index (κ1) is 27.0. The van der Waals surface area contributed by atoms with Crippen molar-refractivity contribution < 1.29 is 22.7 Å². The highest BCUT2D eigenvalue weighted by atomic mass is 32.1. The van der Waals surface area contributed by atoms with Gasteiger partial charge in [0.25, 0.3) is 5.91 Å². The summed E-state index contributed by atoms with van der Waals surface area (Å²) in [5.74, 6) is 0.758. The zero-order valence-electron chi connectivity index (χ0n) is 22.3. The predicted octanol–water partition coefficient (Wildman–Crippen LogP) is 6.72. The van der Waals surface area contributed by atoms with Crippen molar-refractivity contribution in [2.24, 2.45) is 0 Å². The smallest absolute Gasteiger partial charge is 0.416 e. The van der Waals surface area contributed by atoms with Crippen LogP contribution >= 0.6 is 11.3 Å². The molecule has 4 heterocycles. The summed E-state index contributed by atoms with van der Waals surface area (Å²) < 4.78 is 47.7. The van der Waals surface area contributed by atoms with E-state index in [4.69, 9.17) is 9.72 Å². The molecule has 0 saturated carbocycles. The lowest BCUT2D eigenvalue weighted by molar-refractivity contribution is -0.137. The van der Waals surface area contributed by atoms with Gasteiger partial charge in [-0.3, -0.25) is 9.69 Å². The van der Waals surface area contributed by atoms with Crippen LogP contribution < -0.4 is 4.74 Å². The Bertz CT molecular complexity index is 1690. The molecular formula is C31H27F3N4O2S. The van der Waals surface area contributed by atoms with E-state index in [1.165, 1.54) is 23.5 Å². The standard InChI is InChI=1S/C31H27F3N4O2S/c1-40-25-8-3-6-22(18-25)29-26(20-36-12-14-37(15-13-36)30(39)27-9-4-16-41-27)38-19-23(10-11-28(38)35-29)21-5-2-7-24(17-21)31(32,33)34/h2-11,16-19H,12-15,20H2,1H3. The summed E-state index contributed by atoms with van der Waals surface area (Å²) in [6, 6.07) is 20.4. The Hall–Kier alpha value is -4.15. The van der Waals surface area contributed by atoms with Crippen LogP contribution in [0.15, 0.2) is 84.4 Å². The van der Waals surface area contributed by atoms with Gasteiger partial charge in [0.15, 0.2) is 0 Å². The lowest BCUT2D eigenvalue weighted by atomic mass is 10.0. The van der Waals surface area contributed by atoms with Crippen LogP contribution in [-0.2, 0) is 12.7 Å². The fraction of sp³-hybridized carbons (Fsp3) is 0.226. The Balaban J connectivity index is 1.35. The number of hydrogen-bond donors (Lipinski definition) is 0. The van der Waals surface area contributed by atoms with Crippen LogP contribution in [0.3, 0.4) is 0 Å². The average Bonchev–Trinajstić information content (AvgIpc) is 3.66. The molecule has 1 aliphatic rings. The van der Waals surface area contributed by atoms with Crippen LogP contribution in [0.25, 0.3) is 28.0 Å². The van der Waals surface area contributed by atoms with E-state index in [1.54, 1.807) is 19.2 Å². The number of hydrogen-bond acceptors (Lipinski definition) is 5. The number of alkyl halides is 3. The van der Waals surface area contributed by atoms with Crippen molar-refractivity contribution in [1.82, 2.24) is 19.2 Å². The van der Waals surface area contributed by atoms with Crippen LogP contribution in [-0.4, -0.2) is 58.4 Å². The number of imidazole rings is 1. The Morgan fingerprint density at radius 3 is 2.44 bits per heavy atom. The third-order valence-electron chi connectivity index (χ3n) is 7.35. The summed E-state index contributed by atoms with van der Waals surface area (Å²) in [5, 5.41) is 1.90. The molecule has 2 aromatic carbocycles. The van der Waals surface area contributed by atoms with Gasteiger partial charge in [-0.25, -0.2) is 4.98 Å². The molecule has 0 aliphatic carbocycles. The zero-order valence-corrected chi connectivity index (χ0v) is 23.1. The number of halogens is 3. The number of fused-ring (bicyclic) bond motifs is 1. The minimum absolute atomic E-state index is 0.0530. The van der Waals surface area contributed by atoms with Crippen LogP contribution in [0, 0.1) is 0 Å². The minimum Gasteiger partial charge on any atom is -0.497 e. The number of ether oxygens (including phenoxy) is 1. The maximum atomic E-state index is 13.4. The number of amides is 1. The van der Waals surface area contributed by atoms with E-state index in [0.717, 1.165) is 27.9 Å². The van der Waals surface area contributed by atoms with E-state index in [1.807, 2.05) is 63.3 Å². The number of carbonyl (C=O) groups excluding carboxylic acids is 1. The van der Waals surface area contributed by atoms with Crippen molar-refractivity contribution in [2.75, 3.05) is 33.3 Å². The van der Waals surface area contributed by atoms with Crippen LogP contribution in [0.2, 0.25) is 0 Å². The third kappa shape index (κ3) is 5.57. The lowest BCUT2D eigenvalue weighted by Gasteiger charge is -2.34. The second-order valence-corrected chi connectivity index (χ2v) is 10.9. The molecule has 0 unspecified atom stereocenters. The van der Waals surface area contributed by atoms with Gasteiger partial charge in [0.1, 0.15) is 11.4 Å². The van der Waals surface area contributed by atoms with Crippen molar-refractivity contribution in [3.63, 3.8) is 0 Å². The molecule has 1 amide bonds. The molecule has 0 atom stereocenters. The van der Waals surface area contributed by atoms with Crippen molar-refractivity contribution in [1.29, 1.82) is 0 Å². The molecule has 6 nitrogen and oxygen atoms in total. The van der Waals surface area contributed by atoms with E-state index in [0.29, 0.717) is 55.2 Å². The highest BCUT2D eigenvalue weighted by Crippen LogP contribution is 2.34. The van der Waals surface area contributed by atoms with E-state index < -0.39 is 11.7 Å². The number of benzene rings is 2. The van der Waals surface area contributed by atoms with Gasteiger partial charge in [0, 0.05) is 44.5 Å². The normalized spacial score (nSPS) is 14.5. The number of methoxy groups -OCH3 is 1. The number of thiophene rings is 1. The Labute approximate surface area is 239 Å². The molecule has 10 heteroatoms. The molecule has 210 valence electrons. The van der Waals surface area contributed by atoms with Gasteiger partial charge in [0.2, 0.25) is 0 Å². The maximum Gasteiger partial charge on any atom is 0.416 e. The van der Waals surface area contributed by atoms with E-state index >= 15 is 0 Å². The van der Waals surface area contributed by atoms with Crippen LogP contribution in [0.1, 0.15) is 20.9 Å². The van der Waals surface area contributed by atoms with Gasteiger partial charge in [-0.1, -0.05) is 30.3 Å². The summed E-state index contributed by atoms with van der Waals surface area (Å²) in [4.78, 5) is 22.7. The summed E-state index contributed by atoms with van der Waals surface area (Å²) in [6.45, 7) is 3.15. The minimum atomic E-state index is -4.42. The third-order valence-corrected chi connectivity index (χ3v) is 8.21. The molecule has 0 bridgehead atoms. The first-order valence-corrected chi connectivity index (χ1v) is 14.1. The van der Waals surface area contributed by atoms with E-state index in [-0.39, 0.29) is 5.91 Å². The maximum absolute atomic E-state index is 13.4. The van der Waals surface area contributed by atoms with Crippen LogP contribution in [0.5, 0.6) is 5.75 Å². The highest BCUT2D eigenvalue weighted by molar-refractivity contribution is 7.12. The lowest BCUT2D eigenvalue weighted by Crippen LogP contribution is -2.48. The van der Waals surface area contributed by atoms with Crippen molar-refractivity contribution >= 4 is 22.9 Å². The van der Waals surface area contributed by atoms with Crippen molar-refractivity contribution in [3.8, 4) is 28.1 Å². The highest BCUT2D eigenvalue weighted by Gasteiger charge is 2.30. The summed E-state index contributed by atoms with van der Waals surface area (Å²) in [7, 11) is 1.61. The molecule has 1 fully saturated rings. The fourth-order valence-electron chi connectivity index (χ4n) is 5.17. The SMILES string of the molecule is COc1cccc(-c2nc3ccc(-c4cccc(C(F)(F)F)c4)cn3c2CN2CCN(C(=O)c3cccs3)CC2)c1. The molecule has 6 rings (SSSR count). The second kappa shape index (κ2) is 11.0. The molecule has 0 radical (unpaired) electrons. The Morgan fingerprint density at radius 1 is 0.927 bits per heavy atom. The van der Waals surface area contributed by atoms with Gasteiger partial charge in [-0.15, -0.1) is 11.3 Å². The zero-order chi connectivity index (χ0) is 28.6. The Kier molecular flexibility index (Phi) is 7.27. The molecule has 5 aromatic rings. The number of aromatic nitrogens is 2. The van der Waals surface area contributed by atoms with Crippen molar-refractivity contribution in [2.45, 2.75) is 12.7 Å². The quantitative estimate of drug-likeness (QED) is 0.225. The van der Waals surface area contributed by atoms with Crippen LogP contribution in [0.4, 0.5) is 13.2 Å². The molecule has 0 spiro atoms. The summed E-state index contributed by atoms with van der Waals surface area (Å²) in [6.07, 6.45) is -2.57. The van der Waals surface area contributed by atoms with E-state index in [9.17, 15) is 18.0 Å². The monoisotopic (exact) mass is 576 g/mol. The van der Waals surface area contributed by atoms with Gasteiger partial charge >= 0.3 is 6.18 Å². The first-order valence-electron chi connectivity index (χ1n) is 13.2. The molecule has 0 N–H and O–H groups in total. The first-order chi connectivity index (χ1) is 19.8. The molecule has 3 aromatic heterocycles. The number of nitrogens with zero attached hydrogens (tertiary/aromatic N) is 4. The van der Waals surface area contributed by atoms with Gasteiger partial charge < -0.3 is 14.0 Å². The molecule has 41 heavy (non-hydrogen) atoms. The predicted molar refractivity (Wildman–Crippen MR) is 153 cm³/mol. The topological polar surface area (TPSA) is 50.1 Å². The average molecular weight is 577 g/mol. The van der Waals surface area contributed by atoms with Gasteiger partial charge in [-0.05, 0) is 59.0 Å². The van der Waals surface area contributed by atoms with Gasteiger partial charge in [0.05, 0.1) is 28.9 Å². The summed E-state index contributed by atoms with van der Waals surface area (Å²) in [5.41, 5.74) is 3.72. The number of carbonyl (C=O) groups is 1.